The molecule has 0 aliphatic rings. The van der Waals surface area contributed by atoms with E-state index in [2.05, 4.69) is 9.97 Å². The van der Waals surface area contributed by atoms with E-state index >= 15 is 0 Å². The number of H-pyrrole nitrogens is 1. The van der Waals surface area contributed by atoms with Crippen LogP contribution in [0.3, 0.4) is 0 Å². The summed E-state index contributed by atoms with van der Waals surface area (Å²) in [6, 6.07) is 2.53. The highest BCUT2D eigenvalue weighted by atomic mass is 19.2. The van der Waals surface area contributed by atoms with E-state index in [4.69, 9.17) is 5.73 Å². The Morgan fingerprint density at radius 1 is 1.36 bits per heavy atom. The Morgan fingerprint density at radius 3 is 2.86 bits per heavy atom. The first-order chi connectivity index (χ1) is 6.72. The van der Waals surface area contributed by atoms with Gasteiger partial charge in [-0.25, -0.2) is 13.8 Å². The van der Waals surface area contributed by atoms with Crippen molar-refractivity contribution in [3.8, 4) is 0 Å². The second-order valence-electron chi connectivity index (χ2n) is 2.98. The standard InChI is InChI=1S/C9H9F2N3/c10-5-1-2-6-9(8(5)11)14-7(13-6)3-4-12/h1-2H,3-4,12H2,(H,13,14). The van der Waals surface area contributed by atoms with Crippen molar-refractivity contribution < 1.29 is 8.78 Å². The SMILES string of the molecule is NCCc1nc2c(F)c(F)ccc2[nH]1. The Kier molecular flexibility index (Phi) is 2.17. The van der Waals surface area contributed by atoms with Gasteiger partial charge in [0.1, 0.15) is 11.3 Å². The summed E-state index contributed by atoms with van der Waals surface area (Å²) in [5, 5.41) is 0. The van der Waals surface area contributed by atoms with Crippen molar-refractivity contribution in [2.45, 2.75) is 6.42 Å². The zero-order valence-corrected chi connectivity index (χ0v) is 7.35. The second kappa shape index (κ2) is 3.34. The first-order valence-electron chi connectivity index (χ1n) is 4.25. The molecule has 1 aromatic heterocycles. The second-order valence-corrected chi connectivity index (χ2v) is 2.98. The normalized spacial score (nSPS) is 11.1. The lowest BCUT2D eigenvalue weighted by molar-refractivity contribution is 0.515. The summed E-state index contributed by atoms with van der Waals surface area (Å²) in [6.45, 7) is 0.421. The molecule has 0 unspecified atom stereocenters. The van der Waals surface area contributed by atoms with Crippen molar-refractivity contribution in [1.29, 1.82) is 0 Å². The predicted octanol–water partition coefficient (Wildman–Crippen LogP) is 1.34. The fourth-order valence-electron chi connectivity index (χ4n) is 1.32. The molecule has 0 aliphatic carbocycles. The van der Waals surface area contributed by atoms with Crippen LogP contribution in [0.2, 0.25) is 0 Å². The van der Waals surface area contributed by atoms with Crippen molar-refractivity contribution >= 4 is 11.0 Å². The van der Waals surface area contributed by atoms with Crippen molar-refractivity contribution in [3.05, 3.63) is 29.6 Å². The fourth-order valence-corrected chi connectivity index (χ4v) is 1.32. The van der Waals surface area contributed by atoms with Crippen LogP contribution in [0.1, 0.15) is 5.82 Å². The molecule has 5 heteroatoms. The molecule has 1 heterocycles. The fraction of sp³-hybridized carbons (Fsp3) is 0.222. The molecule has 2 rings (SSSR count). The number of hydrogen-bond donors (Lipinski definition) is 2. The highest BCUT2D eigenvalue weighted by Crippen LogP contribution is 2.17. The first-order valence-corrected chi connectivity index (χ1v) is 4.25. The lowest BCUT2D eigenvalue weighted by Crippen LogP contribution is -2.03. The Balaban J connectivity index is 2.59. The van der Waals surface area contributed by atoms with Crippen LogP contribution in [0.15, 0.2) is 12.1 Å². The summed E-state index contributed by atoms with van der Waals surface area (Å²) >= 11 is 0. The average Bonchev–Trinajstić information content (AvgIpc) is 2.56. The van der Waals surface area contributed by atoms with Gasteiger partial charge >= 0.3 is 0 Å². The van der Waals surface area contributed by atoms with Gasteiger partial charge in [0.05, 0.1) is 5.52 Å². The molecule has 3 nitrogen and oxygen atoms in total. The number of nitrogens with one attached hydrogen (secondary N) is 1. The summed E-state index contributed by atoms with van der Waals surface area (Å²) in [5.74, 6) is -1.22. The van der Waals surface area contributed by atoms with E-state index in [0.717, 1.165) is 6.07 Å². The van der Waals surface area contributed by atoms with Crippen molar-refractivity contribution in [3.63, 3.8) is 0 Å². The molecule has 0 saturated carbocycles. The van der Waals surface area contributed by atoms with Gasteiger partial charge in [-0.2, -0.15) is 0 Å². The highest BCUT2D eigenvalue weighted by molar-refractivity contribution is 5.75. The minimum atomic E-state index is -0.915. The van der Waals surface area contributed by atoms with Crippen LogP contribution >= 0.6 is 0 Å². The minimum absolute atomic E-state index is 0.0356. The maximum atomic E-state index is 13.2. The van der Waals surface area contributed by atoms with Crippen molar-refractivity contribution in [2.75, 3.05) is 6.54 Å². The van der Waals surface area contributed by atoms with E-state index in [0.29, 0.717) is 24.3 Å². The molecule has 0 radical (unpaired) electrons. The van der Waals surface area contributed by atoms with Crippen molar-refractivity contribution in [1.82, 2.24) is 9.97 Å². The molecular formula is C9H9F2N3. The van der Waals surface area contributed by atoms with E-state index < -0.39 is 11.6 Å². The van der Waals surface area contributed by atoms with Crippen LogP contribution in [-0.2, 0) is 6.42 Å². The average molecular weight is 197 g/mol. The number of fused-ring (bicyclic) bond motifs is 1. The zero-order valence-electron chi connectivity index (χ0n) is 7.35. The number of nitrogens with zero attached hydrogens (tertiary/aromatic N) is 1. The van der Waals surface area contributed by atoms with E-state index in [9.17, 15) is 8.78 Å². The molecule has 1 aromatic carbocycles. The molecule has 0 spiro atoms. The van der Waals surface area contributed by atoms with Crippen LogP contribution in [0.4, 0.5) is 8.78 Å². The van der Waals surface area contributed by atoms with E-state index in [-0.39, 0.29) is 5.52 Å². The smallest absolute Gasteiger partial charge is 0.186 e. The Bertz CT molecular complexity index is 464. The monoisotopic (exact) mass is 197 g/mol. The topological polar surface area (TPSA) is 54.7 Å². The molecule has 0 saturated heterocycles. The number of halogens is 2. The Hall–Kier alpha value is -1.49. The van der Waals surface area contributed by atoms with Gasteiger partial charge in [0.25, 0.3) is 0 Å². The molecule has 0 fully saturated rings. The van der Waals surface area contributed by atoms with Gasteiger partial charge in [-0.05, 0) is 18.7 Å². The third kappa shape index (κ3) is 1.35. The molecule has 0 amide bonds. The maximum Gasteiger partial charge on any atom is 0.186 e. The number of benzene rings is 1. The molecule has 0 bridgehead atoms. The van der Waals surface area contributed by atoms with Gasteiger partial charge < -0.3 is 10.7 Å². The van der Waals surface area contributed by atoms with Gasteiger partial charge in [-0.1, -0.05) is 0 Å². The number of aromatic nitrogens is 2. The third-order valence-electron chi connectivity index (χ3n) is 1.98. The number of aromatic amines is 1. The Morgan fingerprint density at radius 2 is 2.14 bits per heavy atom. The number of imidazole rings is 1. The molecular weight excluding hydrogens is 188 g/mol. The maximum absolute atomic E-state index is 13.2. The molecule has 0 aliphatic heterocycles. The summed E-state index contributed by atoms with van der Waals surface area (Å²) < 4.78 is 26.0. The lowest BCUT2D eigenvalue weighted by Gasteiger charge is -1.91. The molecule has 3 N–H and O–H groups in total. The highest BCUT2D eigenvalue weighted by Gasteiger charge is 2.10. The Labute approximate surface area is 78.9 Å². The predicted molar refractivity (Wildman–Crippen MR) is 48.8 cm³/mol. The van der Waals surface area contributed by atoms with E-state index in [1.165, 1.54) is 6.07 Å². The zero-order chi connectivity index (χ0) is 10.1. The summed E-state index contributed by atoms with van der Waals surface area (Å²) in [7, 11) is 0. The van der Waals surface area contributed by atoms with Crippen LogP contribution in [-0.4, -0.2) is 16.5 Å². The summed E-state index contributed by atoms with van der Waals surface area (Å²) in [4.78, 5) is 6.78. The third-order valence-corrected chi connectivity index (χ3v) is 1.98. The quantitative estimate of drug-likeness (QED) is 0.763. The van der Waals surface area contributed by atoms with Crippen molar-refractivity contribution in [2.24, 2.45) is 5.73 Å². The van der Waals surface area contributed by atoms with Gasteiger partial charge in [-0.15, -0.1) is 0 Å². The lowest BCUT2D eigenvalue weighted by atomic mass is 10.3. The number of hydrogen-bond acceptors (Lipinski definition) is 2. The van der Waals surface area contributed by atoms with E-state index in [1.807, 2.05) is 0 Å². The van der Waals surface area contributed by atoms with E-state index in [1.54, 1.807) is 0 Å². The first kappa shape index (κ1) is 9.08. The molecule has 14 heavy (non-hydrogen) atoms. The summed E-state index contributed by atoms with van der Waals surface area (Å²) in [5.41, 5.74) is 5.85. The largest absolute Gasteiger partial charge is 0.342 e. The van der Waals surface area contributed by atoms with Crippen LogP contribution in [0.25, 0.3) is 11.0 Å². The number of nitrogens with two attached hydrogens (primary N) is 1. The van der Waals surface area contributed by atoms with Gasteiger partial charge in [-0.3, -0.25) is 0 Å². The molecule has 74 valence electrons. The summed E-state index contributed by atoms with van der Waals surface area (Å²) in [6.07, 6.45) is 0.524. The minimum Gasteiger partial charge on any atom is -0.342 e. The van der Waals surface area contributed by atoms with Crippen LogP contribution in [0.5, 0.6) is 0 Å². The number of rotatable bonds is 2. The molecule has 2 aromatic rings. The van der Waals surface area contributed by atoms with Gasteiger partial charge in [0.15, 0.2) is 11.6 Å². The van der Waals surface area contributed by atoms with Gasteiger partial charge in [0, 0.05) is 6.42 Å². The van der Waals surface area contributed by atoms with Crippen LogP contribution < -0.4 is 5.73 Å². The van der Waals surface area contributed by atoms with Gasteiger partial charge in [0.2, 0.25) is 0 Å². The molecule has 0 atom stereocenters. The van der Waals surface area contributed by atoms with Crippen LogP contribution in [0, 0.1) is 11.6 Å².